The van der Waals surface area contributed by atoms with Gasteiger partial charge in [-0.2, -0.15) is 5.10 Å². The number of rotatable bonds is 3. The van der Waals surface area contributed by atoms with Crippen molar-refractivity contribution in [1.82, 2.24) is 14.9 Å². The molecule has 94 valence electrons. The van der Waals surface area contributed by atoms with Gasteiger partial charge in [-0.3, -0.25) is 4.79 Å². The van der Waals surface area contributed by atoms with Crippen molar-refractivity contribution in [3.63, 3.8) is 0 Å². The third-order valence-corrected chi connectivity index (χ3v) is 2.31. The van der Waals surface area contributed by atoms with Gasteiger partial charge in [-0.1, -0.05) is 6.07 Å². The summed E-state index contributed by atoms with van der Waals surface area (Å²) in [4.78, 5) is 22.4. The Morgan fingerprint density at radius 1 is 1.44 bits per heavy atom. The number of amides is 1. The molecule has 6 nitrogen and oxygen atoms in total. The summed E-state index contributed by atoms with van der Waals surface area (Å²) >= 11 is 0. The number of pyridine rings is 1. The average molecular weight is 247 g/mol. The maximum atomic E-state index is 11.3. The van der Waals surface area contributed by atoms with E-state index in [9.17, 15) is 9.59 Å². The lowest BCUT2D eigenvalue weighted by atomic mass is 10.3. The summed E-state index contributed by atoms with van der Waals surface area (Å²) in [5.41, 5.74) is 1.61. The van der Waals surface area contributed by atoms with Crippen molar-refractivity contribution in [2.24, 2.45) is 0 Å². The van der Waals surface area contributed by atoms with E-state index >= 15 is 0 Å². The molecule has 0 aliphatic carbocycles. The second-order valence-corrected chi connectivity index (χ2v) is 3.61. The van der Waals surface area contributed by atoms with Gasteiger partial charge < -0.3 is 10.1 Å². The molecule has 2 rings (SSSR count). The lowest BCUT2D eigenvalue weighted by Crippen LogP contribution is -2.32. The normalized spacial score (nSPS) is 10.3. The largest absolute Gasteiger partial charge is 0.459 e. The first-order valence-electron chi connectivity index (χ1n) is 5.59. The van der Waals surface area contributed by atoms with E-state index in [4.69, 9.17) is 0 Å². The van der Waals surface area contributed by atoms with Gasteiger partial charge in [0.05, 0.1) is 24.4 Å². The molecule has 1 N–H and O–H groups in total. The van der Waals surface area contributed by atoms with Crippen molar-refractivity contribution in [2.45, 2.75) is 13.5 Å². The minimum atomic E-state index is -0.874. The van der Waals surface area contributed by atoms with Crippen LogP contribution in [0.1, 0.15) is 12.6 Å². The molecule has 0 bridgehead atoms. The van der Waals surface area contributed by atoms with Crippen LogP contribution < -0.4 is 5.32 Å². The molecule has 0 radical (unpaired) electrons. The molecule has 2 aromatic heterocycles. The molecule has 6 heteroatoms. The van der Waals surface area contributed by atoms with Gasteiger partial charge in [0.1, 0.15) is 0 Å². The molecule has 0 saturated heterocycles. The van der Waals surface area contributed by atoms with E-state index in [2.05, 4.69) is 15.2 Å². The van der Waals surface area contributed by atoms with Crippen molar-refractivity contribution in [3.8, 4) is 0 Å². The van der Waals surface area contributed by atoms with E-state index in [1.54, 1.807) is 11.4 Å². The number of carbonyl (C=O) groups excluding carboxylic acids is 2. The first kappa shape index (κ1) is 12.1. The highest BCUT2D eigenvalue weighted by molar-refractivity contribution is 6.32. The van der Waals surface area contributed by atoms with Crippen LogP contribution in [-0.4, -0.2) is 28.1 Å². The minimum absolute atomic E-state index is 0.181. The monoisotopic (exact) mass is 247 g/mol. The molecule has 0 aliphatic heterocycles. The van der Waals surface area contributed by atoms with Crippen LogP contribution in [0.5, 0.6) is 0 Å². The van der Waals surface area contributed by atoms with Crippen molar-refractivity contribution in [2.75, 3.05) is 6.61 Å². The zero-order valence-electron chi connectivity index (χ0n) is 9.92. The number of aromatic nitrogens is 2. The number of fused-ring (bicyclic) bond motifs is 1. The van der Waals surface area contributed by atoms with Crippen LogP contribution in [0.2, 0.25) is 0 Å². The van der Waals surface area contributed by atoms with Crippen LogP contribution in [-0.2, 0) is 20.9 Å². The lowest BCUT2D eigenvalue weighted by Gasteiger charge is -2.01. The molecule has 1 amide bonds. The highest BCUT2D eigenvalue weighted by Crippen LogP contribution is 2.05. The van der Waals surface area contributed by atoms with Gasteiger partial charge in [0.25, 0.3) is 0 Å². The van der Waals surface area contributed by atoms with Crippen LogP contribution in [0.25, 0.3) is 5.52 Å². The fourth-order valence-electron chi connectivity index (χ4n) is 1.52. The molecule has 0 saturated carbocycles. The van der Waals surface area contributed by atoms with Gasteiger partial charge in [-0.05, 0) is 25.1 Å². The lowest BCUT2D eigenvalue weighted by molar-refractivity contribution is -0.154. The van der Waals surface area contributed by atoms with Gasteiger partial charge in [0.2, 0.25) is 0 Å². The number of esters is 1. The van der Waals surface area contributed by atoms with E-state index < -0.39 is 11.9 Å². The Kier molecular flexibility index (Phi) is 3.57. The number of carbonyl (C=O) groups is 2. The predicted octanol–water partition coefficient (Wildman–Crippen LogP) is 0.514. The van der Waals surface area contributed by atoms with Gasteiger partial charge in [0.15, 0.2) is 0 Å². The average Bonchev–Trinajstić information content (AvgIpc) is 2.78. The van der Waals surface area contributed by atoms with Crippen molar-refractivity contribution in [3.05, 3.63) is 36.2 Å². The highest BCUT2D eigenvalue weighted by Gasteiger charge is 2.14. The van der Waals surface area contributed by atoms with Crippen molar-refractivity contribution < 1.29 is 14.3 Å². The molecule has 0 spiro atoms. The standard InChI is InChI=1S/C12H13N3O3/c1-2-18-12(17)11(16)13-8-9-7-10-5-3-4-6-15(10)14-9/h3-7H,2,8H2,1H3,(H,13,16). The summed E-state index contributed by atoms with van der Waals surface area (Å²) in [5.74, 6) is -1.63. The highest BCUT2D eigenvalue weighted by atomic mass is 16.5. The van der Waals surface area contributed by atoms with Gasteiger partial charge in [-0.15, -0.1) is 0 Å². The van der Waals surface area contributed by atoms with E-state index in [1.165, 1.54) is 0 Å². The summed E-state index contributed by atoms with van der Waals surface area (Å²) in [5, 5.41) is 6.70. The molecular weight excluding hydrogens is 234 g/mol. The van der Waals surface area contributed by atoms with E-state index in [1.807, 2.05) is 30.5 Å². The number of hydrogen-bond donors (Lipinski definition) is 1. The van der Waals surface area contributed by atoms with Gasteiger partial charge in [0, 0.05) is 6.20 Å². The second-order valence-electron chi connectivity index (χ2n) is 3.61. The summed E-state index contributed by atoms with van der Waals surface area (Å²) in [6.07, 6.45) is 1.81. The molecule has 0 fully saturated rings. The molecular formula is C12H13N3O3. The van der Waals surface area contributed by atoms with Crippen LogP contribution in [0.4, 0.5) is 0 Å². The van der Waals surface area contributed by atoms with Gasteiger partial charge >= 0.3 is 11.9 Å². The Morgan fingerprint density at radius 2 is 2.28 bits per heavy atom. The third kappa shape index (κ3) is 2.65. The van der Waals surface area contributed by atoms with Crippen LogP contribution >= 0.6 is 0 Å². The Labute approximate surface area is 104 Å². The Bertz CT molecular complexity index is 544. The Hall–Kier alpha value is -2.37. The van der Waals surface area contributed by atoms with Crippen LogP contribution in [0, 0.1) is 0 Å². The summed E-state index contributed by atoms with van der Waals surface area (Å²) < 4.78 is 6.27. The molecule has 0 aliphatic rings. The van der Waals surface area contributed by atoms with Crippen LogP contribution in [0.15, 0.2) is 30.5 Å². The van der Waals surface area contributed by atoms with E-state index in [-0.39, 0.29) is 13.2 Å². The third-order valence-electron chi connectivity index (χ3n) is 2.31. The van der Waals surface area contributed by atoms with Crippen molar-refractivity contribution in [1.29, 1.82) is 0 Å². The molecule has 0 unspecified atom stereocenters. The topological polar surface area (TPSA) is 72.7 Å². The molecule has 18 heavy (non-hydrogen) atoms. The summed E-state index contributed by atoms with van der Waals surface area (Å²) in [6.45, 7) is 2.02. The predicted molar refractivity (Wildman–Crippen MR) is 63.7 cm³/mol. The van der Waals surface area contributed by atoms with E-state index in [0.717, 1.165) is 5.52 Å². The second kappa shape index (κ2) is 5.31. The number of ether oxygens (including phenoxy) is 1. The van der Waals surface area contributed by atoms with Gasteiger partial charge in [-0.25, -0.2) is 9.31 Å². The zero-order chi connectivity index (χ0) is 13.0. The molecule has 0 aromatic carbocycles. The fourth-order valence-corrected chi connectivity index (χ4v) is 1.52. The Balaban J connectivity index is 1.98. The maximum absolute atomic E-state index is 11.3. The number of hydrogen-bond acceptors (Lipinski definition) is 4. The number of nitrogens with zero attached hydrogens (tertiary/aromatic N) is 2. The van der Waals surface area contributed by atoms with Crippen LogP contribution in [0.3, 0.4) is 0 Å². The summed E-state index contributed by atoms with van der Waals surface area (Å²) in [6, 6.07) is 7.51. The maximum Gasteiger partial charge on any atom is 0.396 e. The van der Waals surface area contributed by atoms with Crippen molar-refractivity contribution >= 4 is 17.4 Å². The quantitative estimate of drug-likeness (QED) is 0.633. The molecule has 0 atom stereocenters. The van der Waals surface area contributed by atoms with E-state index in [0.29, 0.717) is 5.69 Å². The smallest absolute Gasteiger partial charge is 0.396 e. The first-order chi connectivity index (χ1) is 8.70. The molecule has 2 heterocycles. The minimum Gasteiger partial charge on any atom is -0.459 e. The summed E-state index contributed by atoms with van der Waals surface area (Å²) in [7, 11) is 0. The number of nitrogens with one attached hydrogen (secondary N) is 1. The first-order valence-corrected chi connectivity index (χ1v) is 5.59. The fraction of sp³-hybridized carbons (Fsp3) is 0.250. The zero-order valence-corrected chi connectivity index (χ0v) is 9.92. The Morgan fingerprint density at radius 3 is 3.00 bits per heavy atom. The molecule has 2 aromatic rings. The SMILES string of the molecule is CCOC(=O)C(=O)NCc1cc2ccccn2n1.